The zero-order chi connectivity index (χ0) is 14.3. The van der Waals surface area contributed by atoms with Crippen LogP contribution in [0.3, 0.4) is 0 Å². The Labute approximate surface area is 127 Å². The molecule has 1 heterocycles. The summed E-state index contributed by atoms with van der Waals surface area (Å²) in [5.74, 6) is -0.690. The summed E-state index contributed by atoms with van der Waals surface area (Å²) >= 11 is 9.18. The lowest BCUT2D eigenvalue weighted by Crippen LogP contribution is -2.02. The smallest absolute Gasteiger partial charge is 0.196 e. The number of carbonyl (C=O) groups excluding carboxylic acids is 1. The molecule has 2 nitrogen and oxygen atoms in total. The number of benzene rings is 2. The van der Waals surface area contributed by atoms with Crippen LogP contribution >= 0.6 is 27.5 Å². The Morgan fingerprint density at radius 2 is 1.95 bits per heavy atom. The van der Waals surface area contributed by atoms with Crippen LogP contribution in [0.1, 0.15) is 15.9 Å². The SMILES string of the molecule is O=C(c1cc(F)ccc1Br)c1c[nH]c2cc(Cl)ccc12. The lowest BCUT2D eigenvalue weighted by atomic mass is 10.0. The van der Waals surface area contributed by atoms with Crippen molar-refractivity contribution in [1.29, 1.82) is 0 Å². The minimum atomic E-state index is -0.445. The topological polar surface area (TPSA) is 32.9 Å². The second-order valence-corrected chi connectivity index (χ2v) is 5.64. The lowest BCUT2D eigenvalue weighted by Gasteiger charge is -2.03. The maximum absolute atomic E-state index is 13.3. The van der Waals surface area contributed by atoms with Crippen molar-refractivity contribution in [1.82, 2.24) is 4.98 Å². The first-order chi connectivity index (χ1) is 9.56. The molecule has 20 heavy (non-hydrogen) atoms. The van der Waals surface area contributed by atoms with Crippen LogP contribution in [0.5, 0.6) is 0 Å². The number of H-pyrrole nitrogens is 1. The molecule has 5 heteroatoms. The van der Waals surface area contributed by atoms with Crippen molar-refractivity contribution < 1.29 is 9.18 Å². The fraction of sp³-hybridized carbons (Fsp3) is 0. The number of rotatable bonds is 2. The maximum atomic E-state index is 13.3. The van der Waals surface area contributed by atoms with Crippen molar-refractivity contribution in [3.63, 3.8) is 0 Å². The fourth-order valence-corrected chi connectivity index (χ4v) is 2.70. The van der Waals surface area contributed by atoms with Crippen molar-refractivity contribution in [2.75, 3.05) is 0 Å². The number of aromatic amines is 1. The molecule has 2 aromatic carbocycles. The quantitative estimate of drug-likeness (QED) is 0.650. The number of hydrogen-bond acceptors (Lipinski definition) is 1. The summed E-state index contributed by atoms with van der Waals surface area (Å²) in [7, 11) is 0. The Kier molecular flexibility index (Phi) is 3.36. The van der Waals surface area contributed by atoms with Crippen molar-refractivity contribution in [2.45, 2.75) is 0 Å². The van der Waals surface area contributed by atoms with Crippen LogP contribution < -0.4 is 0 Å². The molecule has 1 aromatic heterocycles. The molecule has 100 valence electrons. The number of carbonyl (C=O) groups is 1. The Balaban J connectivity index is 2.15. The number of nitrogens with one attached hydrogen (secondary N) is 1. The third-order valence-corrected chi connectivity index (χ3v) is 3.99. The summed E-state index contributed by atoms with van der Waals surface area (Å²) in [5, 5.41) is 1.35. The van der Waals surface area contributed by atoms with Gasteiger partial charge >= 0.3 is 0 Å². The molecule has 0 amide bonds. The number of halogens is 3. The Morgan fingerprint density at radius 1 is 1.15 bits per heavy atom. The Hall–Kier alpha value is -1.65. The van der Waals surface area contributed by atoms with E-state index in [4.69, 9.17) is 11.6 Å². The van der Waals surface area contributed by atoms with Crippen LogP contribution in [0.15, 0.2) is 47.1 Å². The molecule has 0 fully saturated rings. The van der Waals surface area contributed by atoms with Gasteiger partial charge in [-0.2, -0.15) is 0 Å². The first-order valence-corrected chi connectivity index (χ1v) is 7.00. The van der Waals surface area contributed by atoms with E-state index < -0.39 is 5.82 Å². The number of fused-ring (bicyclic) bond motifs is 1. The molecule has 3 aromatic rings. The third-order valence-electron chi connectivity index (χ3n) is 3.06. The molecule has 0 aliphatic carbocycles. The van der Waals surface area contributed by atoms with Crippen molar-refractivity contribution in [2.24, 2.45) is 0 Å². The zero-order valence-electron chi connectivity index (χ0n) is 10.1. The van der Waals surface area contributed by atoms with Crippen LogP contribution in [-0.4, -0.2) is 10.8 Å². The van der Waals surface area contributed by atoms with Gasteiger partial charge in [-0.25, -0.2) is 4.39 Å². The molecule has 1 N–H and O–H groups in total. The van der Waals surface area contributed by atoms with Crippen molar-refractivity contribution in [3.05, 3.63) is 69.0 Å². The molecular weight excluding hydrogens is 345 g/mol. The van der Waals surface area contributed by atoms with E-state index in [0.29, 0.717) is 20.6 Å². The van der Waals surface area contributed by atoms with Gasteiger partial charge in [-0.05, 0) is 30.3 Å². The van der Waals surface area contributed by atoms with Gasteiger partial charge in [-0.1, -0.05) is 33.6 Å². The molecular formula is C15H8BrClFNO. The molecule has 0 aliphatic rings. The molecule has 0 saturated carbocycles. The molecule has 0 bridgehead atoms. The van der Waals surface area contributed by atoms with Crippen LogP contribution in [0.25, 0.3) is 10.9 Å². The highest BCUT2D eigenvalue weighted by atomic mass is 79.9. The highest BCUT2D eigenvalue weighted by Gasteiger charge is 2.17. The van der Waals surface area contributed by atoms with Gasteiger partial charge in [0, 0.05) is 37.7 Å². The molecule has 0 radical (unpaired) electrons. The van der Waals surface area contributed by atoms with Gasteiger partial charge in [-0.15, -0.1) is 0 Å². The summed E-state index contributed by atoms with van der Waals surface area (Å²) in [6.45, 7) is 0. The molecule has 0 spiro atoms. The van der Waals surface area contributed by atoms with E-state index in [-0.39, 0.29) is 5.78 Å². The van der Waals surface area contributed by atoms with Gasteiger partial charge in [0.1, 0.15) is 5.82 Å². The first-order valence-electron chi connectivity index (χ1n) is 5.82. The third kappa shape index (κ3) is 2.25. The number of hydrogen-bond donors (Lipinski definition) is 1. The summed E-state index contributed by atoms with van der Waals surface area (Å²) < 4.78 is 13.9. The monoisotopic (exact) mass is 351 g/mol. The van der Waals surface area contributed by atoms with Gasteiger partial charge < -0.3 is 4.98 Å². The summed E-state index contributed by atoms with van der Waals surface area (Å²) in [5.41, 5.74) is 1.55. The van der Waals surface area contributed by atoms with Crippen LogP contribution in [0.2, 0.25) is 5.02 Å². The predicted molar refractivity (Wildman–Crippen MR) is 80.8 cm³/mol. The average molecular weight is 353 g/mol. The van der Waals surface area contributed by atoms with E-state index in [1.165, 1.54) is 18.2 Å². The van der Waals surface area contributed by atoms with E-state index in [1.807, 2.05) is 0 Å². The summed E-state index contributed by atoms with van der Waals surface area (Å²) in [6.07, 6.45) is 1.61. The second kappa shape index (κ2) is 5.04. The predicted octanol–water partition coefficient (Wildman–Crippen LogP) is 4.95. The van der Waals surface area contributed by atoms with E-state index in [2.05, 4.69) is 20.9 Å². The normalized spacial score (nSPS) is 10.9. The molecule has 0 aliphatic heterocycles. The first kappa shape index (κ1) is 13.3. The lowest BCUT2D eigenvalue weighted by molar-refractivity contribution is 0.103. The maximum Gasteiger partial charge on any atom is 0.196 e. The van der Waals surface area contributed by atoms with E-state index in [1.54, 1.807) is 24.4 Å². The van der Waals surface area contributed by atoms with Gasteiger partial charge in [0.15, 0.2) is 5.78 Å². The Bertz CT molecular complexity index is 828. The van der Waals surface area contributed by atoms with Crippen LogP contribution in [0, 0.1) is 5.82 Å². The summed E-state index contributed by atoms with van der Waals surface area (Å²) in [4.78, 5) is 15.5. The van der Waals surface area contributed by atoms with E-state index in [0.717, 1.165) is 10.9 Å². The fourth-order valence-electron chi connectivity index (χ4n) is 2.10. The largest absolute Gasteiger partial charge is 0.360 e. The van der Waals surface area contributed by atoms with Gasteiger partial charge in [0.05, 0.1) is 0 Å². The molecule has 3 rings (SSSR count). The van der Waals surface area contributed by atoms with Crippen molar-refractivity contribution >= 4 is 44.2 Å². The van der Waals surface area contributed by atoms with E-state index in [9.17, 15) is 9.18 Å². The molecule has 0 saturated heterocycles. The zero-order valence-corrected chi connectivity index (χ0v) is 12.4. The molecule has 0 unspecified atom stereocenters. The van der Waals surface area contributed by atoms with Gasteiger partial charge in [0.2, 0.25) is 0 Å². The summed E-state index contributed by atoms with van der Waals surface area (Å²) in [6, 6.07) is 9.28. The standard InChI is InChI=1S/C15H8BrClFNO/c16-13-4-2-9(18)6-11(13)15(20)12-7-19-14-5-8(17)1-3-10(12)14/h1-7,19H. The second-order valence-electron chi connectivity index (χ2n) is 4.35. The number of aromatic nitrogens is 1. The molecule has 0 atom stereocenters. The van der Waals surface area contributed by atoms with Crippen molar-refractivity contribution in [3.8, 4) is 0 Å². The minimum absolute atomic E-state index is 0.245. The van der Waals surface area contributed by atoms with Gasteiger partial charge in [0.25, 0.3) is 0 Å². The average Bonchev–Trinajstić information content (AvgIpc) is 2.83. The Morgan fingerprint density at radius 3 is 2.75 bits per heavy atom. The highest BCUT2D eigenvalue weighted by molar-refractivity contribution is 9.10. The minimum Gasteiger partial charge on any atom is -0.360 e. The van der Waals surface area contributed by atoms with Crippen LogP contribution in [0.4, 0.5) is 4.39 Å². The highest BCUT2D eigenvalue weighted by Crippen LogP contribution is 2.27. The van der Waals surface area contributed by atoms with Gasteiger partial charge in [-0.3, -0.25) is 4.79 Å². The van der Waals surface area contributed by atoms with Crippen LogP contribution in [-0.2, 0) is 0 Å². The number of ketones is 1. The van der Waals surface area contributed by atoms with E-state index >= 15 is 0 Å².